The molecular weight excluding hydrogens is 396 g/mol. The molecule has 1 aromatic heterocycles. The summed E-state index contributed by atoms with van der Waals surface area (Å²) in [5.74, 6) is 1.12. The Bertz CT molecular complexity index is 966. The minimum absolute atomic E-state index is 0.180. The van der Waals surface area contributed by atoms with E-state index in [-0.39, 0.29) is 6.10 Å². The molecule has 0 bridgehead atoms. The lowest BCUT2D eigenvalue weighted by Gasteiger charge is -2.35. The molecule has 0 saturated heterocycles. The summed E-state index contributed by atoms with van der Waals surface area (Å²) < 4.78 is 5.49. The van der Waals surface area contributed by atoms with E-state index in [1.807, 2.05) is 42.5 Å². The van der Waals surface area contributed by atoms with E-state index < -0.39 is 0 Å². The van der Waals surface area contributed by atoms with Gasteiger partial charge in [-0.2, -0.15) is 0 Å². The van der Waals surface area contributed by atoms with Gasteiger partial charge in [0.05, 0.1) is 24.5 Å². The summed E-state index contributed by atoms with van der Waals surface area (Å²) in [6, 6.07) is 15.8. The normalized spacial score (nSPS) is 19.2. The number of aliphatic hydroxyl groups excluding tert-OH is 1. The van der Waals surface area contributed by atoms with Crippen LogP contribution in [0.15, 0.2) is 53.9 Å². The van der Waals surface area contributed by atoms with Gasteiger partial charge in [0.2, 0.25) is 0 Å². The van der Waals surface area contributed by atoms with E-state index in [2.05, 4.69) is 10.3 Å². The lowest BCUT2D eigenvalue weighted by Crippen LogP contribution is -2.38. The Morgan fingerprint density at radius 3 is 2.63 bits per heavy atom. The number of rotatable bonds is 7. The third-order valence-corrected chi connectivity index (χ3v) is 6.66. The Morgan fingerprint density at radius 2 is 1.87 bits per heavy atom. The quantitative estimate of drug-likeness (QED) is 0.569. The number of aliphatic hydroxyl groups is 1. The maximum Gasteiger partial charge on any atom is 0.129 e. The fourth-order valence-electron chi connectivity index (χ4n) is 4.16. The fraction of sp³-hybridized carbons (Fsp3) is 0.375. The summed E-state index contributed by atoms with van der Waals surface area (Å²) >= 11 is 1.63. The van der Waals surface area contributed by atoms with Gasteiger partial charge >= 0.3 is 0 Å². The van der Waals surface area contributed by atoms with Crippen molar-refractivity contribution < 1.29 is 14.9 Å². The molecule has 1 aliphatic carbocycles. The van der Waals surface area contributed by atoms with Gasteiger partial charge in [-0.3, -0.25) is 4.90 Å². The second-order valence-electron chi connectivity index (χ2n) is 7.88. The van der Waals surface area contributed by atoms with Crippen molar-refractivity contribution in [1.29, 1.82) is 0 Å². The van der Waals surface area contributed by atoms with E-state index in [0.717, 1.165) is 66.4 Å². The number of benzene rings is 2. The summed E-state index contributed by atoms with van der Waals surface area (Å²) in [5.41, 5.74) is 3.13. The van der Waals surface area contributed by atoms with E-state index in [9.17, 15) is 10.2 Å². The summed E-state index contributed by atoms with van der Waals surface area (Å²) in [5, 5.41) is 22.9. The predicted molar refractivity (Wildman–Crippen MR) is 120 cm³/mol. The molecule has 0 amide bonds. The highest BCUT2D eigenvalue weighted by molar-refractivity contribution is 7.13. The molecule has 1 saturated carbocycles. The molecule has 0 spiro atoms. The van der Waals surface area contributed by atoms with Crippen LogP contribution in [0.5, 0.6) is 11.5 Å². The number of methoxy groups -OCH3 is 1. The maximum atomic E-state index is 9.93. The smallest absolute Gasteiger partial charge is 0.129 e. The second-order valence-corrected chi connectivity index (χ2v) is 8.74. The van der Waals surface area contributed by atoms with E-state index in [0.29, 0.717) is 11.8 Å². The Balaban J connectivity index is 1.55. The van der Waals surface area contributed by atoms with Gasteiger partial charge in [-0.15, -0.1) is 11.3 Å². The summed E-state index contributed by atoms with van der Waals surface area (Å²) in [6.07, 6.45) is 3.45. The highest BCUT2D eigenvalue weighted by Crippen LogP contribution is 2.33. The van der Waals surface area contributed by atoms with Crippen LogP contribution in [0.4, 0.5) is 0 Å². The first-order valence-corrected chi connectivity index (χ1v) is 11.3. The monoisotopic (exact) mass is 424 g/mol. The van der Waals surface area contributed by atoms with Crippen molar-refractivity contribution in [2.45, 2.75) is 50.9 Å². The number of ether oxygens (including phenoxy) is 1. The predicted octanol–water partition coefficient (Wildman–Crippen LogP) is 4.83. The van der Waals surface area contributed by atoms with E-state index in [1.165, 1.54) is 0 Å². The molecule has 1 heterocycles. The largest absolute Gasteiger partial charge is 0.508 e. The minimum Gasteiger partial charge on any atom is -0.508 e. The Kier molecular flexibility index (Phi) is 6.67. The van der Waals surface area contributed by atoms with Gasteiger partial charge in [-0.25, -0.2) is 4.98 Å². The van der Waals surface area contributed by atoms with Crippen LogP contribution in [0.25, 0.3) is 10.6 Å². The van der Waals surface area contributed by atoms with Crippen molar-refractivity contribution in [2.24, 2.45) is 0 Å². The van der Waals surface area contributed by atoms with Crippen LogP contribution in [-0.2, 0) is 13.1 Å². The molecule has 5 nitrogen and oxygen atoms in total. The number of aromatic nitrogens is 1. The minimum atomic E-state index is -0.180. The first-order valence-electron chi connectivity index (χ1n) is 10.4. The zero-order valence-corrected chi connectivity index (χ0v) is 18.0. The van der Waals surface area contributed by atoms with Crippen LogP contribution in [0.2, 0.25) is 0 Å². The Hall–Kier alpha value is -2.41. The molecule has 6 heteroatoms. The van der Waals surface area contributed by atoms with Gasteiger partial charge in [0.15, 0.2) is 0 Å². The number of phenols is 1. The molecule has 0 radical (unpaired) electrons. The van der Waals surface area contributed by atoms with Gasteiger partial charge in [0.1, 0.15) is 16.5 Å². The number of thiazole rings is 1. The standard InChI is InChI=1S/C24H28N2O3S/c1-29-23-8-3-2-7-22(23)24-25-18(16-30-24)15-26(19-9-11-20(27)12-10-19)14-17-5-4-6-21(28)13-17/h2-8,13,16,19-20,27-28H,9-12,14-15H2,1H3. The van der Waals surface area contributed by atoms with Crippen LogP contribution in [0.1, 0.15) is 36.9 Å². The topological polar surface area (TPSA) is 65.8 Å². The molecule has 2 aromatic carbocycles. The summed E-state index contributed by atoms with van der Waals surface area (Å²) in [6.45, 7) is 1.48. The number of hydrogen-bond acceptors (Lipinski definition) is 6. The van der Waals surface area contributed by atoms with Gasteiger partial charge < -0.3 is 14.9 Å². The summed E-state index contributed by atoms with van der Waals surface area (Å²) in [7, 11) is 1.68. The van der Waals surface area contributed by atoms with Crippen molar-refractivity contribution in [2.75, 3.05) is 7.11 Å². The van der Waals surface area contributed by atoms with Gasteiger partial charge in [0, 0.05) is 24.5 Å². The lowest BCUT2D eigenvalue weighted by molar-refractivity contribution is 0.0661. The highest BCUT2D eigenvalue weighted by atomic mass is 32.1. The second kappa shape index (κ2) is 9.60. The van der Waals surface area contributed by atoms with Crippen LogP contribution < -0.4 is 4.74 Å². The Labute approximate surface area is 181 Å². The first-order chi connectivity index (χ1) is 14.6. The zero-order chi connectivity index (χ0) is 20.9. The summed E-state index contributed by atoms with van der Waals surface area (Å²) in [4.78, 5) is 7.33. The van der Waals surface area contributed by atoms with Gasteiger partial charge in [0.25, 0.3) is 0 Å². The molecule has 0 atom stereocenters. The van der Waals surface area contributed by atoms with Crippen molar-refractivity contribution in [3.05, 3.63) is 65.2 Å². The first kappa shape index (κ1) is 20.8. The average molecular weight is 425 g/mol. The lowest BCUT2D eigenvalue weighted by atomic mass is 9.91. The van der Waals surface area contributed by atoms with Crippen LogP contribution in [0.3, 0.4) is 0 Å². The number of para-hydroxylation sites is 1. The fourth-order valence-corrected chi connectivity index (χ4v) is 5.00. The molecular formula is C24H28N2O3S. The van der Waals surface area contributed by atoms with Crippen molar-refractivity contribution in [3.63, 3.8) is 0 Å². The van der Waals surface area contributed by atoms with Crippen LogP contribution in [0, 0.1) is 0 Å². The van der Waals surface area contributed by atoms with Crippen molar-refractivity contribution in [1.82, 2.24) is 9.88 Å². The van der Waals surface area contributed by atoms with Crippen LogP contribution in [-0.4, -0.2) is 39.4 Å². The van der Waals surface area contributed by atoms with Crippen LogP contribution >= 0.6 is 11.3 Å². The third kappa shape index (κ3) is 5.01. The van der Waals surface area contributed by atoms with Gasteiger partial charge in [-0.05, 0) is 55.5 Å². The molecule has 1 aliphatic rings. The number of phenolic OH excluding ortho intramolecular Hbond substituents is 1. The highest BCUT2D eigenvalue weighted by Gasteiger charge is 2.26. The van der Waals surface area contributed by atoms with E-state index >= 15 is 0 Å². The molecule has 0 aliphatic heterocycles. The molecule has 4 rings (SSSR count). The molecule has 2 N–H and O–H groups in total. The molecule has 30 heavy (non-hydrogen) atoms. The average Bonchev–Trinajstić information content (AvgIpc) is 3.22. The number of hydrogen-bond donors (Lipinski definition) is 2. The third-order valence-electron chi connectivity index (χ3n) is 5.73. The SMILES string of the molecule is COc1ccccc1-c1nc(CN(Cc2cccc(O)c2)C2CCC(O)CC2)cs1. The number of nitrogens with zero attached hydrogens (tertiary/aromatic N) is 2. The number of aromatic hydroxyl groups is 1. The zero-order valence-electron chi connectivity index (χ0n) is 17.2. The van der Waals surface area contributed by atoms with E-state index in [1.54, 1.807) is 24.5 Å². The Morgan fingerprint density at radius 1 is 1.07 bits per heavy atom. The van der Waals surface area contributed by atoms with Crippen molar-refractivity contribution >= 4 is 11.3 Å². The molecule has 1 fully saturated rings. The molecule has 3 aromatic rings. The van der Waals surface area contributed by atoms with E-state index in [4.69, 9.17) is 9.72 Å². The van der Waals surface area contributed by atoms with Crippen molar-refractivity contribution in [3.8, 4) is 22.1 Å². The molecule has 0 unspecified atom stereocenters. The molecule has 158 valence electrons. The van der Waals surface area contributed by atoms with Gasteiger partial charge in [-0.1, -0.05) is 24.3 Å². The maximum absolute atomic E-state index is 9.93.